The Bertz CT molecular complexity index is 1590. The number of aromatic nitrogens is 4. The number of rotatable bonds is 9. The molecular formula is C30H31N7O2S. The van der Waals surface area contributed by atoms with Crippen LogP contribution in [-0.2, 0) is 11.3 Å². The van der Waals surface area contributed by atoms with E-state index in [0.717, 1.165) is 78.0 Å². The summed E-state index contributed by atoms with van der Waals surface area (Å²) in [6.45, 7) is 6.78. The first kappa shape index (κ1) is 26.3. The average Bonchev–Trinajstić information content (AvgIpc) is 3.65. The number of hydrogen-bond acceptors (Lipinski definition) is 8. The van der Waals surface area contributed by atoms with Gasteiger partial charge in [0.05, 0.1) is 18.0 Å². The zero-order chi connectivity index (χ0) is 27.3. The predicted molar refractivity (Wildman–Crippen MR) is 158 cm³/mol. The predicted octanol–water partition coefficient (Wildman–Crippen LogP) is 4.56. The van der Waals surface area contributed by atoms with E-state index in [0.29, 0.717) is 11.4 Å². The molecule has 0 saturated carbocycles. The van der Waals surface area contributed by atoms with Crippen LogP contribution >= 0.6 is 11.3 Å². The summed E-state index contributed by atoms with van der Waals surface area (Å²) in [5.74, 6) is -0.272. The summed E-state index contributed by atoms with van der Waals surface area (Å²) in [5.41, 5.74) is 4.81. The molecule has 10 heteroatoms. The number of hydrogen-bond donors (Lipinski definition) is 1. The highest BCUT2D eigenvalue weighted by atomic mass is 32.1. The van der Waals surface area contributed by atoms with Crippen molar-refractivity contribution in [3.8, 4) is 16.3 Å². The Hall–Kier alpha value is -3.96. The molecule has 6 rings (SSSR count). The number of methoxy groups -OCH3 is 1. The second-order valence-electron chi connectivity index (χ2n) is 9.78. The molecule has 2 aromatic carbocycles. The van der Waals surface area contributed by atoms with Crippen molar-refractivity contribution in [1.29, 1.82) is 0 Å². The molecular weight excluding hydrogens is 522 g/mol. The van der Waals surface area contributed by atoms with Crippen molar-refractivity contribution in [3.05, 3.63) is 90.4 Å². The molecule has 0 unspecified atom stereocenters. The normalized spacial score (nSPS) is 14.5. The minimum Gasteiger partial charge on any atom is -0.383 e. The Labute approximate surface area is 237 Å². The van der Waals surface area contributed by atoms with Crippen molar-refractivity contribution < 1.29 is 9.53 Å². The summed E-state index contributed by atoms with van der Waals surface area (Å²) in [6.07, 6.45) is 3.74. The second-order valence-corrected chi connectivity index (χ2v) is 10.8. The van der Waals surface area contributed by atoms with Gasteiger partial charge in [0.1, 0.15) is 15.4 Å². The molecule has 9 nitrogen and oxygen atoms in total. The molecule has 1 N–H and O–H groups in total. The molecule has 0 spiro atoms. The molecule has 204 valence electrons. The van der Waals surface area contributed by atoms with Gasteiger partial charge < -0.3 is 10.1 Å². The standard InChI is InChI=1S/C30H31N7O2S/c1-39-18-17-35-13-15-36(16-14-35)21-22-19-27-30(31-20-22)40-29(33-27)24-9-5-6-10-25(24)32-28(38)26-11-12-37(34-26)23-7-3-2-4-8-23/h2-12,19-20H,13-18,21H2,1H3,(H,32,38). The molecule has 1 aliphatic heterocycles. The first-order chi connectivity index (χ1) is 19.7. The number of piperazine rings is 1. The smallest absolute Gasteiger partial charge is 0.276 e. The zero-order valence-electron chi connectivity index (χ0n) is 22.4. The SMILES string of the molecule is COCCN1CCN(Cc2cnc3sc(-c4ccccc4NC(=O)c4ccn(-c5ccccc5)n4)nc3c2)CC1. The van der Waals surface area contributed by atoms with Crippen molar-refractivity contribution in [1.82, 2.24) is 29.5 Å². The molecule has 0 bridgehead atoms. The van der Waals surface area contributed by atoms with Crippen LogP contribution in [-0.4, -0.2) is 81.9 Å². The van der Waals surface area contributed by atoms with Gasteiger partial charge in [-0.3, -0.25) is 14.6 Å². The average molecular weight is 554 g/mol. The minimum atomic E-state index is -0.272. The van der Waals surface area contributed by atoms with E-state index in [9.17, 15) is 4.79 Å². The van der Waals surface area contributed by atoms with Gasteiger partial charge in [0, 0.05) is 64.3 Å². The Morgan fingerprint density at radius 1 is 1.00 bits per heavy atom. The van der Waals surface area contributed by atoms with E-state index in [1.54, 1.807) is 24.1 Å². The fourth-order valence-electron chi connectivity index (χ4n) is 4.85. The van der Waals surface area contributed by atoms with Gasteiger partial charge in [-0.25, -0.2) is 14.6 Å². The molecule has 0 atom stereocenters. The van der Waals surface area contributed by atoms with Crippen LogP contribution in [0, 0.1) is 0 Å². The van der Waals surface area contributed by atoms with Crippen LogP contribution in [0.3, 0.4) is 0 Å². The van der Waals surface area contributed by atoms with E-state index in [4.69, 9.17) is 14.7 Å². The number of anilines is 1. The first-order valence-electron chi connectivity index (χ1n) is 13.4. The first-order valence-corrected chi connectivity index (χ1v) is 14.2. The van der Waals surface area contributed by atoms with Crippen LogP contribution < -0.4 is 5.32 Å². The number of nitrogens with one attached hydrogen (secondary N) is 1. The maximum Gasteiger partial charge on any atom is 0.276 e. The summed E-state index contributed by atoms with van der Waals surface area (Å²) in [4.78, 5) is 28.5. The molecule has 1 amide bonds. The summed E-state index contributed by atoms with van der Waals surface area (Å²) in [7, 11) is 1.75. The van der Waals surface area contributed by atoms with Crippen molar-refractivity contribution in [2.45, 2.75) is 6.54 Å². The third-order valence-electron chi connectivity index (χ3n) is 7.04. The lowest BCUT2D eigenvalue weighted by molar-refractivity contribution is 0.0938. The van der Waals surface area contributed by atoms with E-state index in [1.807, 2.05) is 60.8 Å². The molecule has 1 aliphatic rings. The van der Waals surface area contributed by atoms with Gasteiger partial charge in [0.2, 0.25) is 0 Å². The molecule has 1 fully saturated rings. The van der Waals surface area contributed by atoms with E-state index < -0.39 is 0 Å². The lowest BCUT2D eigenvalue weighted by Crippen LogP contribution is -2.46. The van der Waals surface area contributed by atoms with Gasteiger partial charge in [0.25, 0.3) is 5.91 Å². The van der Waals surface area contributed by atoms with Crippen molar-refractivity contribution in [2.75, 3.05) is 51.8 Å². The van der Waals surface area contributed by atoms with Crippen LogP contribution in [0.1, 0.15) is 16.1 Å². The molecule has 4 heterocycles. The third kappa shape index (κ3) is 5.95. The molecule has 0 radical (unpaired) electrons. The number of carbonyl (C=O) groups is 1. The summed E-state index contributed by atoms with van der Waals surface area (Å²) < 4.78 is 6.90. The highest BCUT2D eigenvalue weighted by molar-refractivity contribution is 7.21. The largest absolute Gasteiger partial charge is 0.383 e. The number of carbonyl (C=O) groups excluding carboxylic acids is 1. The van der Waals surface area contributed by atoms with Gasteiger partial charge in [-0.05, 0) is 42.0 Å². The number of pyridine rings is 1. The second kappa shape index (κ2) is 12.1. The number of fused-ring (bicyclic) bond motifs is 1. The monoisotopic (exact) mass is 553 g/mol. The van der Waals surface area contributed by atoms with E-state index in [2.05, 4.69) is 26.3 Å². The Kier molecular flexibility index (Phi) is 7.92. The number of amides is 1. The van der Waals surface area contributed by atoms with Gasteiger partial charge in [-0.1, -0.05) is 41.7 Å². The van der Waals surface area contributed by atoms with E-state index in [1.165, 1.54) is 11.3 Å². The quantitative estimate of drug-likeness (QED) is 0.286. The lowest BCUT2D eigenvalue weighted by Gasteiger charge is -2.34. The van der Waals surface area contributed by atoms with Crippen molar-refractivity contribution in [2.24, 2.45) is 0 Å². The minimum absolute atomic E-state index is 0.272. The fraction of sp³-hybridized carbons (Fsp3) is 0.267. The molecule has 1 saturated heterocycles. The lowest BCUT2D eigenvalue weighted by atomic mass is 10.2. The Morgan fingerprint density at radius 2 is 1.77 bits per heavy atom. The molecule has 0 aliphatic carbocycles. The van der Waals surface area contributed by atoms with E-state index in [-0.39, 0.29) is 5.91 Å². The van der Waals surface area contributed by atoms with E-state index >= 15 is 0 Å². The van der Waals surface area contributed by atoms with Crippen molar-refractivity contribution >= 4 is 33.3 Å². The number of benzene rings is 2. The van der Waals surface area contributed by atoms with Gasteiger partial charge in [-0.15, -0.1) is 0 Å². The highest BCUT2D eigenvalue weighted by Crippen LogP contribution is 2.34. The fourth-order valence-corrected chi connectivity index (χ4v) is 5.78. The summed E-state index contributed by atoms with van der Waals surface area (Å²) in [6, 6.07) is 21.3. The molecule has 3 aromatic heterocycles. The van der Waals surface area contributed by atoms with Crippen molar-refractivity contribution in [3.63, 3.8) is 0 Å². The molecule has 5 aromatic rings. The summed E-state index contributed by atoms with van der Waals surface area (Å²) >= 11 is 1.53. The Morgan fingerprint density at radius 3 is 2.60 bits per heavy atom. The zero-order valence-corrected chi connectivity index (χ0v) is 23.2. The Balaban J connectivity index is 1.15. The number of para-hydroxylation sites is 2. The third-order valence-corrected chi connectivity index (χ3v) is 8.05. The van der Waals surface area contributed by atoms with Gasteiger partial charge in [-0.2, -0.15) is 5.10 Å². The van der Waals surface area contributed by atoms with Crippen LogP contribution in [0.15, 0.2) is 79.1 Å². The summed E-state index contributed by atoms with van der Waals surface area (Å²) in [5, 5.41) is 8.30. The van der Waals surface area contributed by atoms with Crippen LogP contribution in [0.5, 0.6) is 0 Å². The molecule has 40 heavy (non-hydrogen) atoms. The number of thiazole rings is 1. The number of ether oxygens (including phenoxy) is 1. The maximum atomic E-state index is 13.1. The van der Waals surface area contributed by atoms with Crippen LogP contribution in [0.2, 0.25) is 0 Å². The topological polar surface area (TPSA) is 88.4 Å². The maximum absolute atomic E-state index is 13.1. The van der Waals surface area contributed by atoms with Crippen LogP contribution in [0.4, 0.5) is 5.69 Å². The van der Waals surface area contributed by atoms with Gasteiger partial charge in [0.15, 0.2) is 5.69 Å². The highest BCUT2D eigenvalue weighted by Gasteiger charge is 2.19. The van der Waals surface area contributed by atoms with Gasteiger partial charge >= 0.3 is 0 Å². The number of nitrogens with zero attached hydrogens (tertiary/aromatic N) is 6. The van der Waals surface area contributed by atoms with Crippen LogP contribution in [0.25, 0.3) is 26.6 Å².